The van der Waals surface area contributed by atoms with Crippen molar-refractivity contribution in [3.63, 3.8) is 0 Å². The summed E-state index contributed by atoms with van der Waals surface area (Å²) >= 11 is 0. The standard InChI is InChI=1S/C38H4O4/c1-2-3-4-5-6-7-8-9-10-11-12-13-14-15-16-17-18-19-20-21-22-23-24-25-26-27-28-29-30-31-32-33-34-35-36(37(39)40)38(41)42/h1H2,(H,39,40)(H,41,42). The summed E-state index contributed by atoms with van der Waals surface area (Å²) in [6, 6.07) is 0. The van der Waals surface area contributed by atoms with E-state index in [0.29, 0.717) is 0 Å². The zero-order valence-electron chi connectivity index (χ0n) is 20.9. The van der Waals surface area contributed by atoms with Crippen molar-refractivity contribution < 1.29 is 19.8 Å². The van der Waals surface area contributed by atoms with Gasteiger partial charge in [-0.2, -0.15) is 0 Å². The minimum absolute atomic E-state index is 0.996. The van der Waals surface area contributed by atoms with Crippen LogP contribution in [-0.4, -0.2) is 22.2 Å². The lowest BCUT2D eigenvalue weighted by Gasteiger charge is -1.85. The van der Waals surface area contributed by atoms with E-state index in [1.54, 1.807) is 0 Å². The summed E-state index contributed by atoms with van der Waals surface area (Å²) in [5.74, 6) is -3.32. The van der Waals surface area contributed by atoms with E-state index < -0.39 is 17.5 Å². The summed E-state index contributed by atoms with van der Waals surface area (Å²) < 4.78 is 0. The highest BCUT2D eigenvalue weighted by Crippen LogP contribution is 1.89. The summed E-state index contributed by atoms with van der Waals surface area (Å²) in [5, 5.41) is 17.2. The maximum atomic E-state index is 10.6. The Kier molecular flexibility index (Phi) is 21.2. The summed E-state index contributed by atoms with van der Waals surface area (Å²) in [6.45, 7) is 3.30. The summed E-state index contributed by atoms with van der Waals surface area (Å²) in [6.07, 6.45) is 0. The lowest BCUT2D eigenvalue weighted by molar-refractivity contribution is -0.140. The van der Waals surface area contributed by atoms with Gasteiger partial charge in [0.2, 0.25) is 0 Å². The molecule has 0 spiro atoms. The monoisotopic (exact) mass is 524 g/mol. The SMILES string of the molecule is C=C=C=C=C=C=C=C=C=C=C=C=C=C=C=C=C=C=C=C=C=C=C=C=C=C=C=C=C=C=C=C=C=C=C=C(C(=O)O)C(=O)O. The highest BCUT2D eigenvalue weighted by Gasteiger charge is 2.14. The molecule has 0 amide bonds. The normalized spacial score (nSPS) is 4.76. The Balaban J connectivity index is 6.09. The lowest BCUT2D eigenvalue weighted by Crippen LogP contribution is -2.09. The van der Waals surface area contributed by atoms with Crippen LogP contribution in [0.1, 0.15) is 0 Å². The summed E-state index contributed by atoms with van der Waals surface area (Å²) in [5.41, 5.74) is 80.7. The molecule has 0 aromatic heterocycles. The van der Waals surface area contributed by atoms with Crippen LogP contribution in [0.2, 0.25) is 0 Å². The minimum Gasteiger partial charge on any atom is -0.477 e. The third-order valence-electron chi connectivity index (χ3n) is 2.64. The van der Waals surface area contributed by atoms with Crippen LogP contribution in [0, 0.1) is 0 Å². The fourth-order valence-corrected chi connectivity index (χ4v) is 1.27. The zero-order valence-corrected chi connectivity index (χ0v) is 20.9. The summed E-state index contributed by atoms with van der Waals surface area (Å²) in [4.78, 5) is 21.1. The first kappa shape index (κ1) is 33.2. The first-order valence-corrected chi connectivity index (χ1v) is 10.2. The maximum Gasteiger partial charge on any atom is 0.351 e. The van der Waals surface area contributed by atoms with Gasteiger partial charge >= 0.3 is 11.9 Å². The van der Waals surface area contributed by atoms with Crippen LogP contribution in [0.15, 0.2) is 207 Å². The molecule has 0 saturated heterocycles. The Morgan fingerprint density at radius 1 is 0.310 bits per heavy atom. The molecule has 0 saturated carbocycles. The molecule has 4 heteroatoms. The largest absolute Gasteiger partial charge is 0.477 e. The Morgan fingerprint density at radius 2 is 0.476 bits per heavy atom. The van der Waals surface area contributed by atoms with Gasteiger partial charge in [0.05, 0.1) is 0 Å². The smallest absolute Gasteiger partial charge is 0.351 e. The predicted molar refractivity (Wildman–Crippen MR) is 144 cm³/mol. The highest BCUT2D eigenvalue weighted by molar-refractivity contribution is 6.12. The van der Waals surface area contributed by atoms with Crippen LogP contribution in [0.5, 0.6) is 0 Å². The lowest BCUT2D eigenvalue weighted by atomic mass is 10.3. The minimum atomic E-state index is -1.66. The first-order chi connectivity index (χ1) is 20.6. The zero-order chi connectivity index (χ0) is 30.8. The number of carboxylic acids is 2. The molecule has 0 aromatic carbocycles. The van der Waals surface area contributed by atoms with Gasteiger partial charge in [0.15, 0.2) is 5.57 Å². The number of carbonyl (C=O) groups is 2. The quantitative estimate of drug-likeness (QED) is 0.231. The number of hydrogen-bond acceptors (Lipinski definition) is 2. The van der Waals surface area contributed by atoms with Gasteiger partial charge in [-0.3, -0.25) is 0 Å². The van der Waals surface area contributed by atoms with E-state index in [2.05, 4.69) is 196 Å². The molecule has 0 radical (unpaired) electrons. The van der Waals surface area contributed by atoms with E-state index in [9.17, 15) is 9.59 Å². The maximum absolute atomic E-state index is 10.6. The molecule has 0 bridgehead atoms. The molecule has 0 aliphatic rings. The number of hydrogen-bond donors (Lipinski definition) is 2. The van der Waals surface area contributed by atoms with E-state index in [0.717, 1.165) is 0 Å². The van der Waals surface area contributed by atoms with Crippen molar-refractivity contribution in [2.75, 3.05) is 0 Å². The molecule has 0 heterocycles. The van der Waals surface area contributed by atoms with Gasteiger partial charge in [-0.1, -0.05) is 5.73 Å². The molecular weight excluding hydrogens is 520 g/mol. The van der Waals surface area contributed by atoms with Crippen LogP contribution >= 0.6 is 0 Å². The number of rotatable bonds is 2. The molecule has 0 aliphatic heterocycles. The second-order valence-corrected chi connectivity index (χ2v) is 5.29. The average molecular weight is 524 g/mol. The third kappa shape index (κ3) is 24.3. The van der Waals surface area contributed by atoms with E-state index in [1.165, 1.54) is 0 Å². The van der Waals surface area contributed by atoms with E-state index in [1.807, 2.05) is 5.73 Å². The fraction of sp³-hybridized carbons (Fsp3) is 0. The van der Waals surface area contributed by atoms with Crippen molar-refractivity contribution in [2.24, 2.45) is 0 Å². The van der Waals surface area contributed by atoms with Crippen molar-refractivity contribution in [2.45, 2.75) is 0 Å². The molecular formula is C38H4O4. The van der Waals surface area contributed by atoms with Crippen LogP contribution < -0.4 is 0 Å². The van der Waals surface area contributed by atoms with Gasteiger partial charge < -0.3 is 10.2 Å². The van der Waals surface area contributed by atoms with Crippen molar-refractivity contribution in [1.29, 1.82) is 0 Å². The van der Waals surface area contributed by atoms with Crippen molar-refractivity contribution >= 4 is 11.9 Å². The average Bonchev–Trinajstić information content (AvgIpc) is 2.97. The van der Waals surface area contributed by atoms with Crippen molar-refractivity contribution in [3.8, 4) is 0 Å². The topological polar surface area (TPSA) is 74.6 Å². The van der Waals surface area contributed by atoms with Gasteiger partial charge in [-0.25, -0.2) is 9.59 Å². The molecule has 4 nitrogen and oxygen atoms in total. The van der Waals surface area contributed by atoms with Gasteiger partial charge in [0.25, 0.3) is 0 Å². The van der Waals surface area contributed by atoms with Gasteiger partial charge in [0.1, 0.15) is 0 Å². The second kappa shape index (κ2) is 26.8. The number of carboxylic acid groups (broad SMARTS) is 2. The highest BCUT2D eigenvalue weighted by atomic mass is 16.4. The molecule has 0 aromatic rings. The van der Waals surface area contributed by atoms with Gasteiger partial charge in [-0.15, -0.1) is 0 Å². The van der Waals surface area contributed by atoms with Gasteiger partial charge in [0, 0.05) is 91.7 Å². The first-order valence-electron chi connectivity index (χ1n) is 10.2. The Hall–Kier alpha value is -8.80. The Bertz CT molecular complexity index is 2560. The fourth-order valence-electron chi connectivity index (χ4n) is 1.27. The van der Waals surface area contributed by atoms with Crippen LogP contribution in [0.25, 0.3) is 0 Å². The second-order valence-electron chi connectivity index (χ2n) is 5.29. The molecule has 42 heavy (non-hydrogen) atoms. The molecule has 0 fully saturated rings. The van der Waals surface area contributed by atoms with Crippen LogP contribution in [0.4, 0.5) is 0 Å². The molecule has 0 unspecified atom stereocenters. The number of aliphatic carboxylic acids is 2. The predicted octanol–water partition coefficient (Wildman–Crippen LogP) is 4.99. The molecule has 2 N–H and O–H groups in total. The molecule has 180 valence electrons. The van der Waals surface area contributed by atoms with Crippen LogP contribution in [-0.2, 0) is 9.59 Å². The molecule has 0 rings (SSSR count). The molecule has 0 atom stereocenters. The third-order valence-corrected chi connectivity index (χ3v) is 2.64. The molecule has 0 aliphatic carbocycles. The Morgan fingerprint density at radius 3 is 0.643 bits per heavy atom. The summed E-state index contributed by atoms with van der Waals surface area (Å²) in [7, 11) is 0. The van der Waals surface area contributed by atoms with Gasteiger partial charge in [-0.05, 0) is 104 Å². The van der Waals surface area contributed by atoms with Crippen LogP contribution in [0.3, 0.4) is 0 Å². The van der Waals surface area contributed by atoms with E-state index in [-0.39, 0.29) is 0 Å². The van der Waals surface area contributed by atoms with E-state index >= 15 is 0 Å². The Labute approximate surface area is 238 Å². The van der Waals surface area contributed by atoms with Crippen molar-refractivity contribution in [1.82, 2.24) is 0 Å². The van der Waals surface area contributed by atoms with Crippen molar-refractivity contribution in [3.05, 3.63) is 207 Å². The van der Waals surface area contributed by atoms with E-state index in [4.69, 9.17) is 10.2 Å².